The molecule has 1 saturated carbocycles. The summed E-state index contributed by atoms with van der Waals surface area (Å²) in [5.41, 5.74) is 1.97. The van der Waals surface area contributed by atoms with Crippen molar-refractivity contribution >= 4 is 49.7 Å². The van der Waals surface area contributed by atoms with Crippen molar-refractivity contribution in [1.29, 1.82) is 0 Å². The molecule has 1 aliphatic carbocycles. The Morgan fingerprint density at radius 2 is 1.97 bits per heavy atom. The van der Waals surface area contributed by atoms with Gasteiger partial charge >= 0.3 is 6.03 Å². The Hall–Kier alpha value is -3.47. The van der Waals surface area contributed by atoms with Crippen molar-refractivity contribution in [1.82, 2.24) is 29.8 Å². The number of hydrogen-bond donors (Lipinski definition) is 2. The second kappa shape index (κ2) is 9.20. The molecule has 11 heteroatoms. The summed E-state index contributed by atoms with van der Waals surface area (Å²) >= 11 is 1.37. The van der Waals surface area contributed by atoms with Gasteiger partial charge in [-0.3, -0.25) is 5.32 Å². The van der Waals surface area contributed by atoms with E-state index in [-0.39, 0.29) is 6.03 Å². The molecule has 36 heavy (non-hydrogen) atoms. The summed E-state index contributed by atoms with van der Waals surface area (Å²) in [5.74, 6) is 1.54. The van der Waals surface area contributed by atoms with Crippen molar-refractivity contribution in [3.8, 4) is 5.88 Å². The molecule has 0 radical (unpaired) electrons. The molecule has 2 aliphatic rings. The number of carbonyl (C=O) groups is 1. The van der Waals surface area contributed by atoms with Gasteiger partial charge in [0.15, 0.2) is 5.13 Å². The molecule has 4 aromatic rings. The molecule has 1 spiro atoms. The molecule has 188 valence electrons. The largest absolute Gasteiger partial charge is 0.481 e. The smallest absolute Gasteiger partial charge is 0.323 e. The Balaban J connectivity index is 1.04. The summed E-state index contributed by atoms with van der Waals surface area (Å²) in [6, 6.07) is 6.07. The number of hydrogen-bond acceptors (Lipinski definition) is 8. The maximum atomic E-state index is 12.9. The van der Waals surface area contributed by atoms with E-state index in [0.29, 0.717) is 22.5 Å². The fourth-order valence-corrected chi connectivity index (χ4v) is 6.56. The van der Waals surface area contributed by atoms with E-state index in [1.807, 2.05) is 23.2 Å². The fraction of sp³-hybridized carbons (Fsp3) is 0.480. The third-order valence-electron chi connectivity index (χ3n) is 7.99. The number of nitrogens with zero attached hydrogens (tertiary/aromatic N) is 6. The Morgan fingerprint density at radius 3 is 2.75 bits per heavy atom. The van der Waals surface area contributed by atoms with Gasteiger partial charge in [0.1, 0.15) is 28.1 Å². The van der Waals surface area contributed by atoms with E-state index in [1.54, 1.807) is 19.5 Å². The maximum absolute atomic E-state index is 12.9. The van der Waals surface area contributed by atoms with Crippen molar-refractivity contribution in [2.24, 2.45) is 5.41 Å². The fourth-order valence-electron chi connectivity index (χ4n) is 5.74. The predicted molar refractivity (Wildman–Crippen MR) is 141 cm³/mol. The van der Waals surface area contributed by atoms with E-state index in [1.165, 1.54) is 24.2 Å². The van der Waals surface area contributed by atoms with Gasteiger partial charge in [-0.2, -0.15) is 0 Å². The summed E-state index contributed by atoms with van der Waals surface area (Å²) in [7, 11) is 3.74. The van der Waals surface area contributed by atoms with Crippen LogP contribution < -0.4 is 15.0 Å². The summed E-state index contributed by atoms with van der Waals surface area (Å²) in [4.78, 5) is 38.9. The molecule has 2 amide bonds. The van der Waals surface area contributed by atoms with Crippen molar-refractivity contribution < 1.29 is 9.53 Å². The quantitative estimate of drug-likeness (QED) is 0.414. The van der Waals surface area contributed by atoms with Crippen molar-refractivity contribution in [3.05, 3.63) is 30.7 Å². The van der Waals surface area contributed by atoms with Gasteiger partial charge in [-0.25, -0.2) is 24.7 Å². The molecule has 4 aromatic heterocycles. The molecule has 10 nitrogen and oxygen atoms in total. The van der Waals surface area contributed by atoms with E-state index in [2.05, 4.69) is 42.2 Å². The number of pyridine rings is 1. The van der Waals surface area contributed by atoms with E-state index in [0.717, 1.165) is 66.0 Å². The van der Waals surface area contributed by atoms with Crippen LogP contribution in [0.1, 0.15) is 38.5 Å². The van der Waals surface area contributed by atoms with Crippen molar-refractivity contribution in [3.63, 3.8) is 0 Å². The highest BCUT2D eigenvalue weighted by molar-refractivity contribution is 7.21. The number of fused-ring (bicyclic) bond motifs is 2. The molecule has 0 bridgehead atoms. The Kier molecular flexibility index (Phi) is 5.87. The molecular formula is C25H30N8O2S. The number of methoxy groups -OCH3 is 1. The molecule has 0 atom stereocenters. The number of rotatable bonds is 4. The third-order valence-corrected chi connectivity index (χ3v) is 8.88. The first-order valence-corrected chi connectivity index (χ1v) is 13.2. The van der Waals surface area contributed by atoms with E-state index in [4.69, 9.17) is 4.74 Å². The molecule has 1 aliphatic heterocycles. The SMILES string of the molecule is COc1ccc2nc(NC(=O)N3CCC4(CCC(N(C)c5ncnc6[nH]ccc56)CC4)CC3)sc2n1. The van der Waals surface area contributed by atoms with Gasteiger partial charge in [-0.1, -0.05) is 11.3 Å². The van der Waals surface area contributed by atoms with Crippen LogP contribution in [-0.4, -0.2) is 69.1 Å². The van der Waals surface area contributed by atoms with Crippen LogP contribution in [0, 0.1) is 5.41 Å². The zero-order valence-electron chi connectivity index (χ0n) is 20.5. The van der Waals surface area contributed by atoms with Gasteiger partial charge in [0.25, 0.3) is 0 Å². The average Bonchev–Trinajstić information content (AvgIpc) is 3.55. The number of piperidine rings is 1. The lowest BCUT2D eigenvalue weighted by Gasteiger charge is -2.47. The number of aromatic amines is 1. The van der Waals surface area contributed by atoms with Crippen LogP contribution in [0.15, 0.2) is 30.7 Å². The van der Waals surface area contributed by atoms with Crippen molar-refractivity contribution in [2.45, 2.75) is 44.6 Å². The molecular weight excluding hydrogens is 476 g/mol. The van der Waals surface area contributed by atoms with Crippen LogP contribution in [0.25, 0.3) is 21.4 Å². The number of aromatic nitrogens is 5. The van der Waals surface area contributed by atoms with E-state index in [9.17, 15) is 4.79 Å². The first kappa shape index (κ1) is 23.0. The van der Waals surface area contributed by atoms with Gasteiger partial charge in [0.05, 0.1) is 12.5 Å². The molecule has 6 rings (SSSR count). The number of carbonyl (C=O) groups excluding carboxylic acids is 1. The minimum atomic E-state index is -0.0800. The minimum Gasteiger partial charge on any atom is -0.481 e. The molecule has 0 aromatic carbocycles. The van der Waals surface area contributed by atoms with Crippen LogP contribution in [0.3, 0.4) is 0 Å². The van der Waals surface area contributed by atoms with Crippen LogP contribution in [0.5, 0.6) is 5.88 Å². The number of likely N-dealkylation sites (tertiary alicyclic amines) is 1. The number of H-pyrrole nitrogens is 1. The second-order valence-electron chi connectivity index (χ2n) is 9.89. The predicted octanol–water partition coefficient (Wildman–Crippen LogP) is 4.66. The van der Waals surface area contributed by atoms with Crippen LogP contribution in [0.4, 0.5) is 15.7 Å². The van der Waals surface area contributed by atoms with Crippen LogP contribution >= 0.6 is 11.3 Å². The zero-order valence-corrected chi connectivity index (χ0v) is 21.3. The third kappa shape index (κ3) is 4.21. The lowest BCUT2D eigenvalue weighted by molar-refractivity contribution is 0.0786. The first-order chi connectivity index (χ1) is 17.5. The Bertz CT molecular complexity index is 1380. The maximum Gasteiger partial charge on any atom is 0.323 e. The lowest BCUT2D eigenvalue weighted by atomic mass is 9.67. The summed E-state index contributed by atoms with van der Waals surface area (Å²) in [6.45, 7) is 1.55. The highest BCUT2D eigenvalue weighted by atomic mass is 32.1. The molecule has 2 fully saturated rings. The van der Waals surface area contributed by atoms with E-state index >= 15 is 0 Å². The van der Waals surface area contributed by atoms with Crippen LogP contribution in [-0.2, 0) is 0 Å². The number of thiazole rings is 1. The van der Waals surface area contributed by atoms with Gasteiger partial charge in [0, 0.05) is 38.4 Å². The Labute approximate surface area is 213 Å². The number of urea groups is 1. The van der Waals surface area contributed by atoms with E-state index < -0.39 is 0 Å². The zero-order chi connectivity index (χ0) is 24.7. The molecule has 5 heterocycles. The molecule has 1 saturated heterocycles. The molecule has 2 N–H and O–H groups in total. The monoisotopic (exact) mass is 506 g/mol. The average molecular weight is 507 g/mol. The molecule has 0 unspecified atom stereocenters. The van der Waals surface area contributed by atoms with Crippen LogP contribution in [0.2, 0.25) is 0 Å². The summed E-state index contributed by atoms with van der Waals surface area (Å²) in [5, 5.41) is 4.62. The second-order valence-corrected chi connectivity index (χ2v) is 10.9. The first-order valence-electron chi connectivity index (χ1n) is 12.4. The topological polar surface area (TPSA) is 112 Å². The number of amides is 2. The highest BCUT2D eigenvalue weighted by Gasteiger charge is 2.40. The van der Waals surface area contributed by atoms with Gasteiger partial charge < -0.3 is 19.5 Å². The van der Waals surface area contributed by atoms with Gasteiger partial charge in [-0.05, 0) is 56.1 Å². The van der Waals surface area contributed by atoms with Crippen molar-refractivity contribution in [2.75, 3.05) is 37.5 Å². The summed E-state index contributed by atoms with van der Waals surface area (Å²) < 4.78 is 5.18. The summed E-state index contributed by atoms with van der Waals surface area (Å²) in [6.07, 6.45) is 10.3. The number of nitrogens with one attached hydrogen (secondary N) is 2. The Morgan fingerprint density at radius 1 is 1.17 bits per heavy atom. The van der Waals surface area contributed by atoms with Gasteiger partial charge in [-0.15, -0.1) is 0 Å². The standard InChI is InChI=1S/C25H30N8O2S/c1-32(21-17-7-12-26-20(17)27-15-28-21)16-5-8-25(9-6-16)10-13-33(14-11-25)24(34)31-23-29-18-3-4-19(35-2)30-22(18)36-23/h3-4,7,12,15-16H,5-6,8-11,13-14H2,1-2H3,(H,26,27,28)(H,29,31,34). The highest BCUT2D eigenvalue weighted by Crippen LogP contribution is 2.46. The number of ether oxygens (including phenoxy) is 1. The lowest BCUT2D eigenvalue weighted by Crippen LogP contribution is -2.47. The number of anilines is 2. The normalized spacial score (nSPS) is 18.1. The minimum absolute atomic E-state index is 0.0800. The van der Waals surface area contributed by atoms with Gasteiger partial charge in [0.2, 0.25) is 5.88 Å².